The van der Waals surface area contributed by atoms with Crippen LogP contribution >= 0.6 is 27.5 Å². The van der Waals surface area contributed by atoms with E-state index in [9.17, 15) is 18.0 Å². The van der Waals surface area contributed by atoms with Gasteiger partial charge in [0.25, 0.3) is 0 Å². The van der Waals surface area contributed by atoms with Crippen LogP contribution < -0.4 is 0 Å². The highest BCUT2D eigenvalue weighted by Crippen LogP contribution is 2.24. The van der Waals surface area contributed by atoms with Gasteiger partial charge in [-0.15, -0.1) is 0 Å². The third kappa shape index (κ3) is 2.82. The van der Waals surface area contributed by atoms with Crippen LogP contribution in [-0.4, -0.2) is 5.78 Å². The molecule has 2 aromatic rings. The minimum absolute atomic E-state index is 0.117. The summed E-state index contributed by atoms with van der Waals surface area (Å²) in [7, 11) is 0. The molecule has 6 heteroatoms. The monoisotopic (exact) mass is 348 g/mol. The third-order valence-corrected chi connectivity index (χ3v) is 3.27. The molecule has 0 amide bonds. The Bertz CT molecular complexity index is 673. The summed E-state index contributed by atoms with van der Waals surface area (Å²) in [6, 6.07) is 4.83. The number of carbonyl (C=O) groups is 1. The van der Waals surface area contributed by atoms with Gasteiger partial charge in [-0.3, -0.25) is 4.79 Å². The lowest BCUT2D eigenvalue weighted by atomic mass is 10.0. The molecular weight excluding hydrogens is 344 g/mol. The summed E-state index contributed by atoms with van der Waals surface area (Å²) in [4.78, 5) is 12.0. The van der Waals surface area contributed by atoms with Gasteiger partial charge in [-0.25, -0.2) is 13.2 Å². The van der Waals surface area contributed by atoms with Gasteiger partial charge in [0.1, 0.15) is 17.5 Å². The van der Waals surface area contributed by atoms with Crippen molar-refractivity contribution in [1.29, 1.82) is 0 Å². The SMILES string of the molecule is O=C(c1cc(Cl)ccc1F)c1cc(F)c(Br)cc1F. The van der Waals surface area contributed by atoms with Crippen molar-refractivity contribution in [2.24, 2.45) is 0 Å². The minimum Gasteiger partial charge on any atom is -0.288 e. The number of hydrogen-bond acceptors (Lipinski definition) is 1. The molecule has 0 aliphatic rings. The van der Waals surface area contributed by atoms with E-state index in [1.54, 1.807) is 0 Å². The highest BCUT2D eigenvalue weighted by atomic mass is 79.9. The molecule has 0 atom stereocenters. The van der Waals surface area contributed by atoms with E-state index in [2.05, 4.69) is 15.9 Å². The van der Waals surface area contributed by atoms with Gasteiger partial charge in [-0.2, -0.15) is 0 Å². The van der Waals surface area contributed by atoms with Gasteiger partial charge in [-0.05, 0) is 46.3 Å². The van der Waals surface area contributed by atoms with E-state index >= 15 is 0 Å². The first-order valence-electron chi connectivity index (χ1n) is 5.04. The number of rotatable bonds is 2. The maximum atomic E-state index is 13.6. The zero-order valence-electron chi connectivity index (χ0n) is 9.18. The summed E-state index contributed by atoms with van der Waals surface area (Å²) in [5.41, 5.74) is -0.963. The zero-order valence-corrected chi connectivity index (χ0v) is 11.5. The number of benzene rings is 2. The molecule has 0 radical (unpaired) electrons. The Morgan fingerprint density at radius 1 is 0.947 bits per heavy atom. The maximum absolute atomic E-state index is 13.6. The number of ketones is 1. The van der Waals surface area contributed by atoms with Gasteiger partial charge in [0.05, 0.1) is 15.6 Å². The molecule has 0 aliphatic carbocycles. The van der Waals surface area contributed by atoms with Crippen LogP contribution in [0.15, 0.2) is 34.8 Å². The summed E-state index contributed by atoms with van der Waals surface area (Å²) >= 11 is 8.44. The molecule has 2 rings (SSSR count). The second-order valence-electron chi connectivity index (χ2n) is 3.70. The van der Waals surface area contributed by atoms with Crippen molar-refractivity contribution in [2.45, 2.75) is 0 Å². The molecule has 0 spiro atoms. The van der Waals surface area contributed by atoms with Crippen LogP contribution in [0.4, 0.5) is 13.2 Å². The smallest absolute Gasteiger partial charge is 0.199 e. The minimum atomic E-state index is -0.969. The standard InChI is InChI=1S/C13H5BrClF3O/c14-9-5-11(17)8(4-12(9)18)13(19)7-3-6(15)1-2-10(7)16/h1-5H. The first-order chi connectivity index (χ1) is 8.90. The summed E-state index contributed by atoms with van der Waals surface area (Å²) < 4.78 is 40.4. The molecule has 0 aliphatic heterocycles. The molecule has 0 unspecified atom stereocenters. The van der Waals surface area contributed by atoms with Crippen LogP contribution in [0.3, 0.4) is 0 Å². The largest absolute Gasteiger partial charge is 0.288 e. The van der Waals surface area contributed by atoms with Gasteiger partial charge < -0.3 is 0 Å². The Morgan fingerprint density at radius 3 is 2.26 bits per heavy atom. The van der Waals surface area contributed by atoms with E-state index < -0.39 is 34.4 Å². The fourth-order valence-electron chi connectivity index (χ4n) is 1.51. The van der Waals surface area contributed by atoms with Crippen molar-refractivity contribution in [1.82, 2.24) is 0 Å². The van der Waals surface area contributed by atoms with Crippen LogP contribution in [0.1, 0.15) is 15.9 Å². The van der Waals surface area contributed by atoms with Crippen molar-refractivity contribution in [3.05, 3.63) is 68.4 Å². The second-order valence-corrected chi connectivity index (χ2v) is 4.99. The third-order valence-electron chi connectivity index (χ3n) is 2.43. The normalized spacial score (nSPS) is 10.6. The molecule has 0 heterocycles. The predicted octanol–water partition coefficient (Wildman–Crippen LogP) is 4.75. The maximum Gasteiger partial charge on any atom is 0.199 e. The van der Waals surface area contributed by atoms with Crippen molar-refractivity contribution in [3.63, 3.8) is 0 Å². The molecule has 0 fully saturated rings. The van der Waals surface area contributed by atoms with Crippen molar-refractivity contribution in [3.8, 4) is 0 Å². The Hall–Kier alpha value is -1.33. The first-order valence-corrected chi connectivity index (χ1v) is 6.21. The molecular formula is C13H5BrClF3O. The fraction of sp³-hybridized carbons (Fsp3) is 0. The molecule has 1 nitrogen and oxygen atoms in total. The number of hydrogen-bond donors (Lipinski definition) is 0. The molecule has 19 heavy (non-hydrogen) atoms. The molecule has 0 saturated heterocycles. The molecule has 0 aromatic heterocycles. The van der Waals surface area contributed by atoms with Gasteiger partial charge in [0.2, 0.25) is 0 Å². The number of carbonyl (C=O) groups excluding carboxylic acids is 1. The lowest BCUT2D eigenvalue weighted by molar-refractivity contribution is 0.103. The van der Waals surface area contributed by atoms with Crippen LogP contribution in [0.25, 0.3) is 0 Å². The fourth-order valence-corrected chi connectivity index (χ4v) is 2.00. The highest BCUT2D eigenvalue weighted by molar-refractivity contribution is 9.10. The van der Waals surface area contributed by atoms with E-state index in [-0.39, 0.29) is 9.50 Å². The molecule has 0 saturated carbocycles. The van der Waals surface area contributed by atoms with E-state index in [1.807, 2.05) is 0 Å². The molecule has 2 aromatic carbocycles. The first kappa shape index (κ1) is 14.1. The van der Waals surface area contributed by atoms with Crippen LogP contribution in [0.5, 0.6) is 0 Å². The molecule has 0 N–H and O–H groups in total. The highest BCUT2D eigenvalue weighted by Gasteiger charge is 2.20. The Balaban J connectivity index is 2.56. The quantitative estimate of drug-likeness (QED) is 0.565. The molecule has 98 valence electrons. The summed E-state index contributed by atoms with van der Waals surface area (Å²) in [5.74, 6) is -3.58. The van der Waals surface area contributed by atoms with E-state index in [4.69, 9.17) is 11.6 Å². The topological polar surface area (TPSA) is 17.1 Å². The van der Waals surface area contributed by atoms with Crippen LogP contribution in [-0.2, 0) is 0 Å². The lowest BCUT2D eigenvalue weighted by Gasteiger charge is -2.06. The van der Waals surface area contributed by atoms with Gasteiger partial charge in [-0.1, -0.05) is 11.6 Å². The zero-order chi connectivity index (χ0) is 14.2. The summed E-state index contributed by atoms with van der Waals surface area (Å²) in [6.45, 7) is 0. The average molecular weight is 350 g/mol. The van der Waals surface area contributed by atoms with Gasteiger partial charge in [0.15, 0.2) is 5.78 Å². The van der Waals surface area contributed by atoms with E-state index in [0.717, 1.165) is 18.2 Å². The van der Waals surface area contributed by atoms with Gasteiger partial charge in [0, 0.05) is 5.02 Å². The van der Waals surface area contributed by atoms with E-state index in [0.29, 0.717) is 6.07 Å². The van der Waals surface area contributed by atoms with Crippen LogP contribution in [0.2, 0.25) is 5.02 Å². The summed E-state index contributed by atoms with van der Waals surface area (Å²) in [5, 5.41) is 0.128. The average Bonchev–Trinajstić information content (AvgIpc) is 2.36. The van der Waals surface area contributed by atoms with Crippen molar-refractivity contribution >= 4 is 33.3 Å². The van der Waals surface area contributed by atoms with Crippen molar-refractivity contribution in [2.75, 3.05) is 0 Å². The molecule has 0 bridgehead atoms. The van der Waals surface area contributed by atoms with Crippen LogP contribution in [0, 0.1) is 17.5 Å². The Labute approximate surface area is 120 Å². The predicted molar refractivity (Wildman–Crippen MR) is 68.9 cm³/mol. The van der Waals surface area contributed by atoms with Crippen molar-refractivity contribution < 1.29 is 18.0 Å². The van der Waals surface area contributed by atoms with Gasteiger partial charge >= 0.3 is 0 Å². The summed E-state index contributed by atoms with van der Waals surface area (Å²) in [6.07, 6.45) is 0. The Morgan fingerprint density at radius 2 is 1.58 bits per heavy atom. The Kier molecular flexibility index (Phi) is 3.96. The van der Waals surface area contributed by atoms with E-state index in [1.165, 1.54) is 6.07 Å². The number of halogens is 5. The lowest BCUT2D eigenvalue weighted by Crippen LogP contribution is -2.07. The second kappa shape index (κ2) is 5.35.